The lowest BCUT2D eigenvalue weighted by Crippen LogP contribution is -2.26. The SMILES string of the molecule is CCCCOC[C@@H](CSc1c(Cl)c(C(F)(F)F)cc2c(O)nc(O)nc12)Oc1ccc(F)cc1. The van der Waals surface area contributed by atoms with Crippen LogP contribution in [0.3, 0.4) is 0 Å². The minimum Gasteiger partial charge on any atom is -0.493 e. The molecule has 2 N–H and O–H groups in total. The van der Waals surface area contributed by atoms with Gasteiger partial charge in [-0.1, -0.05) is 24.9 Å². The molecule has 1 heterocycles. The highest BCUT2D eigenvalue weighted by Gasteiger charge is 2.36. The lowest BCUT2D eigenvalue weighted by atomic mass is 10.1. The molecule has 0 saturated heterocycles. The third-order valence-corrected chi connectivity index (χ3v) is 6.36. The molecule has 6 nitrogen and oxygen atoms in total. The number of nitrogens with zero attached hydrogens (tertiary/aromatic N) is 2. The molecule has 12 heteroatoms. The van der Waals surface area contributed by atoms with Crippen LogP contribution >= 0.6 is 23.4 Å². The summed E-state index contributed by atoms with van der Waals surface area (Å²) < 4.78 is 65.5. The number of thioether (sulfide) groups is 1. The van der Waals surface area contributed by atoms with Crippen LogP contribution in [0.4, 0.5) is 17.6 Å². The number of benzene rings is 2. The van der Waals surface area contributed by atoms with Crippen molar-refractivity contribution in [2.75, 3.05) is 19.0 Å². The summed E-state index contributed by atoms with van der Waals surface area (Å²) in [7, 11) is 0. The summed E-state index contributed by atoms with van der Waals surface area (Å²) in [4.78, 5) is 6.98. The normalized spacial score (nSPS) is 12.8. The number of aromatic nitrogens is 2. The number of halogens is 5. The summed E-state index contributed by atoms with van der Waals surface area (Å²) >= 11 is 7.00. The minimum absolute atomic E-state index is 0.0746. The molecule has 0 radical (unpaired) electrons. The molecule has 0 aliphatic heterocycles. The lowest BCUT2D eigenvalue weighted by Gasteiger charge is -2.21. The maximum Gasteiger partial charge on any atom is 0.417 e. The molecule has 0 aliphatic carbocycles. The van der Waals surface area contributed by atoms with E-state index in [2.05, 4.69) is 9.97 Å². The quantitative estimate of drug-likeness (QED) is 0.187. The van der Waals surface area contributed by atoms with Gasteiger partial charge in [0.15, 0.2) is 0 Å². The first-order valence-electron chi connectivity index (χ1n) is 10.2. The number of rotatable bonds is 10. The third kappa shape index (κ3) is 6.55. The van der Waals surface area contributed by atoms with Gasteiger partial charge in [0.05, 0.1) is 33.0 Å². The Morgan fingerprint density at radius 3 is 2.50 bits per heavy atom. The van der Waals surface area contributed by atoms with Gasteiger partial charge in [-0.15, -0.1) is 11.8 Å². The first kappa shape index (κ1) is 26.1. The zero-order valence-corrected chi connectivity index (χ0v) is 19.5. The van der Waals surface area contributed by atoms with Gasteiger partial charge in [-0.3, -0.25) is 0 Å². The van der Waals surface area contributed by atoms with Crippen molar-refractivity contribution in [3.8, 4) is 17.6 Å². The number of hydrogen-bond donors (Lipinski definition) is 2. The second-order valence-electron chi connectivity index (χ2n) is 7.24. The Morgan fingerprint density at radius 1 is 1.15 bits per heavy atom. The van der Waals surface area contributed by atoms with E-state index in [0.717, 1.165) is 24.6 Å². The highest BCUT2D eigenvalue weighted by molar-refractivity contribution is 7.99. The van der Waals surface area contributed by atoms with Gasteiger partial charge in [-0.25, -0.2) is 4.39 Å². The van der Waals surface area contributed by atoms with Crippen LogP contribution in [-0.2, 0) is 10.9 Å². The fourth-order valence-corrected chi connectivity index (χ4v) is 4.44. The van der Waals surface area contributed by atoms with Crippen LogP contribution in [0.5, 0.6) is 17.6 Å². The molecule has 0 spiro atoms. The number of aromatic hydroxyl groups is 2. The highest BCUT2D eigenvalue weighted by atomic mass is 35.5. The molecule has 0 unspecified atom stereocenters. The zero-order chi connectivity index (χ0) is 24.9. The van der Waals surface area contributed by atoms with Crippen molar-refractivity contribution < 1.29 is 37.2 Å². The largest absolute Gasteiger partial charge is 0.493 e. The van der Waals surface area contributed by atoms with Crippen LogP contribution in [0.15, 0.2) is 35.2 Å². The number of ether oxygens (including phenoxy) is 2. The predicted molar refractivity (Wildman–Crippen MR) is 120 cm³/mol. The van der Waals surface area contributed by atoms with Crippen LogP contribution < -0.4 is 4.74 Å². The summed E-state index contributed by atoms with van der Waals surface area (Å²) in [6, 6.07) is 5.11. The number of fused-ring (bicyclic) bond motifs is 1. The van der Waals surface area contributed by atoms with Gasteiger partial charge >= 0.3 is 12.2 Å². The van der Waals surface area contributed by atoms with E-state index < -0.39 is 40.6 Å². The Bertz CT molecular complexity index is 1130. The molecule has 2 aromatic carbocycles. The van der Waals surface area contributed by atoms with E-state index in [-0.39, 0.29) is 28.2 Å². The number of unbranched alkanes of at least 4 members (excludes halogenated alkanes) is 1. The van der Waals surface area contributed by atoms with Gasteiger partial charge < -0.3 is 19.7 Å². The van der Waals surface area contributed by atoms with E-state index >= 15 is 0 Å². The van der Waals surface area contributed by atoms with Gasteiger partial charge in [0.1, 0.15) is 17.7 Å². The van der Waals surface area contributed by atoms with Crippen molar-refractivity contribution in [2.45, 2.75) is 36.9 Å². The van der Waals surface area contributed by atoms with E-state index in [1.165, 1.54) is 24.3 Å². The Morgan fingerprint density at radius 2 is 1.85 bits per heavy atom. The Balaban J connectivity index is 1.93. The molecule has 3 rings (SSSR count). The van der Waals surface area contributed by atoms with Crippen molar-refractivity contribution in [2.24, 2.45) is 0 Å². The van der Waals surface area contributed by atoms with Crippen LogP contribution in [-0.4, -0.2) is 45.3 Å². The Labute approximate surface area is 201 Å². The molecule has 34 heavy (non-hydrogen) atoms. The molecule has 0 bridgehead atoms. The average Bonchev–Trinajstić information content (AvgIpc) is 2.76. The molecular weight excluding hydrogens is 500 g/mol. The van der Waals surface area contributed by atoms with Gasteiger partial charge in [-0.05, 0) is 36.8 Å². The van der Waals surface area contributed by atoms with E-state index in [1.54, 1.807) is 0 Å². The standard InChI is InChI=1S/C22H21ClF4N2O4S/c1-2-3-8-32-10-14(33-13-6-4-12(24)5-7-13)11-34-19-17(23)16(22(25,26)27)9-15-18(19)28-21(31)29-20(15)30/h4-7,9,14H,2-3,8,10-11H2,1H3,(H2,28,29,30,31)/t14-/m0/s1. The Hall–Kier alpha value is -2.50. The van der Waals surface area contributed by atoms with Crippen LogP contribution in [0.25, 0.3) is 10.9 Å². The van der Waals surface area contributed by atoms with E-state index in [1.807, 2.05) is 6.92 Å². The summed E-state index contributed by atoms with van der Waals surface area (Å²) in [6.45, 7) is 2.58. The monoisotopic (exact) mass is 520 g/mol. The van der Waals surface area contributed by atoms with Crippen molar-refractivity contribution in [1.29, 1.82) is 0 Å². The van der Waals surface area contributed by atoms with Gasteiger partial charge in [0, 0.05) is 12.4 Å². The molecule has 0 saturated carbocycles. The summed E-state index contributed by atoms with van der Waals surface area (Å²) in [5.74, 6) is -0.832. The lowest BCUT2D eigenvalue weighted by molar-refractivity contribution is -0.137. The van der Waals surface area contributed by atoms with E-state index in [0.29, 0.717) is 18.4 Å². The second-order valence-corrected chi connectivity index (χ2v) is 8.65. The highest BCUT2D eigenvalue weighted by Crippen LogP contribution is 2.45. The summed E-state index contributed by atoms with van der Waals surface area (Å²) in [5, 5.41) is 18.8. The average molecular weight is 521 g/mol. The molecule has 0 amide bonds. The minimum atomic E-state index is -4.81. The fourth-order valence-electron chi connectivity index (χ4n) is 2.98. The Kier molecular flexibility index (Phi) is 8.67. The van der Waals surface area contributed by atoms with Crippen LogP contribution in [0, 0.1) is 5.82 Å². The van der Waals surface area contributed by atoms with Crippen LogP contribution in [0.2, 0.25) is 5.02 Å². The molecular formula is C22H21ClF4N2O4S. The van der Waals surface area contributed by atoms with Gasteiger partial charge in [-0.2, -0.15) is 23.1 Å². The maximum absolute atomic E-state index is 13.6. The van der Waals surface area contributed by atoms with Crippen molar-refractivity contribution >= 4 is 34.3 Å². The third-order valence-electron chi connectivity index (χ3n) is 4.63. The molecule has 1 atom stereocenters. The number of hydrogen-bond acceptors (Lipinski definition) is 7. The van der Waals surface area contributed by atoms with Crippen molar-refractivity contribution in [1.82, 2.24) is 9.97 Å². The maximum atomic E-state index is 13.6. The molecule has 0 fully saturated rings. The smallest absolute Gasteiger partial charge is 0.417 e. The van der Waals surface area contributed by atoms with Crippen LogP contribution in [0.1, 0.15) is 25.3 Å². The first-order chi connectivity index (χ1) is 16.1. The summed E-state index contributed by atoms with van der Waals surface area (Å²) in [5.41, 5.74) is -1.32. The first-order valence-corrected chi connectivity index (χ1v) is 11.6. The zero-order valence-electron chi connectivity index (χ0n) is 17.9. The van der Waals surface area contributed by atoms with E-state index in [9.17, 15) is 27.8 Å². The molecule has 0 aliphatic rings. The topological polar surface area (TPSA) is 84.7 Å². The predicted octanol–water partition coefficient (Wildman–Crippen LogP) is 6.21. The van der Waals surface area contributed by atoms with Gasteiger partial charge in [0.2, 0.25) is 5.88 Å². The molecule has 3 aromatic rings. The second kappa shape index (κ2) is 11.3. The fraction of sp³-hybridized carbons (Fsp3) is 0.364. The van der Waals surface area contributed by atoms with E-state index in [4.69, 9.17) is 21.1 Å². The number of alkyl halides is 3. The van der Waals surface area contributed by atoms with Crippen molar-refractivity contribution in [3.05, 3.63) is 46.7 Å². The molecule has 184 valence electrons. The van der Waals surface area contributed by atoms with Gasteiger partial charge in [0.25, 0.3) is 0 Å². The van der Waals surface area contributed by atoms with Crippen molar-refractivity contribution in [3.63, 3.8) is 0 Å². The summed E-state index contributed by atoms with van der Waals surface area (Å²) in [6.07, 6.45) is -3.72. The molecule has 1 aromatic heterocycles.